The van der Waals surface area contributed by atoms with Gasteiger partial charge in [-0.05, 0) is 23.8 Å². The number of aliphatic hydroxyl groups is 1. The summed E-state index contributed by atoms with van der Waals surface area (Å²) >= 11 is 0. The smallest absolute Gasteiger partial charge is 0.131 e. The van der Waals surface area contributed by atoms with Gasteiger partial charge in [-0.3, -0.25) is 0 Å². The maximum absolute atomic E-state index is 9.04. The van der Waals surface area contributed by atoms with Crippen LogP contribution in [0.3, 0.4) is 0 Å². The van der Waals surface area contributed by atoms with E-state index in [9.17, 15) is 0 Å². The summed E-state index contributed by atoms with van der Waals surface area (Å²) < 4.78 is 10.9. The molecule has 0 saturated carbocycles. The van der Waals surface area contributed by atoms with Gasteiger partial charge >= 0.3 is 0 Å². The standard InChI is InChI=1S/C17H21NO3/c1-20-11-10-18-12-15-4-2-3-5-17(15)21-16-8-6-14(13-19)7-9-16/h2-9,18-19H,10-13H2,1H3. The molecule has 0 fully saturated rings. The monoisotopic (exact) mass is 287 g/mol. The summed E-state index contributed by atoms with van der Waals surface area (Å²) in [5, 5.41) is 12.4. The molecular weight excluding hydrogens is 266 g/mol. The van der Waals surface area contributed by atoms with Crippen molar-refractivity contribution >= 4 is 0 Å². The molecule has 0 saturated heterocycles. The molecule has 0 amide bonds. The Kier molecular flexibility index (Phi) is 6.22. The summed E-state index contributed by atoms with van der Waals surface area (Å²) in [6.07, 6.45) is 0. The number of hydrogen-bond donors (Lipinski definition) is 2. The minimum Gasteiger partial charge on any atom is -0.457 e. The van der Waals surface area contributed by atoms with Crippen LogP contribution < -0.4 is 10.1 Å². The third kappa shape index (κ3) is 4.86. The number of hydrogen-bond acceptors (Lipinski definition) is 4. The van der Waals surface area contributed by atoms with E-state index in [1.165, 1.54) is 0 Å². The summed E-state index contributed by atoms with van der Waals surface area (Å²) in [6.45, 7) is 2.26. The van der Waals surface area contributed by atoms with Gasteiger partial charge in [0.25, 0.3) is 0 Å². The van der Waals surface area contributed by atoms with Crippen LogP contribution in [0.1, 0.15) is 11.1 Å². The van der Waals surface area contributed by atoms with Crippen molar-refractivity contribution < 1.29 is 14.6 Å². The van der Waals surface area contributed by atoms with Crippen molar-refractivity contribution in [2.45, 2.75) is 13.2 Å². The molecule has 0 atom stereocenters. The molecule has 4 heteroatoms. The van der Waals surface area contributed by atoms with E-state index in [0.717, 1.165) is 35.7 Å². The lowest BCUT2D eigenvalue weighted by atomic mass is 10.2. The molecule has 0 aliphatic rings. The fourth-order valence-electron chi connectivity index (χ4n) is 1.94. The summed E-state index contributed by atoms with van der Waals surface area (Å²) in [7, 11) is 1.69. The molecule has 4 nitrogen and oxygen atoms in total. The van der Waals surface area contributed by atoms with Crippen molar-refractivity contribution in [1.82, 2.24) is 5.32 Å². The maximum Gasteiger partial charge on any atom is 0.131 e. The summed E-state index contributed by atoms with van der Waals surface area (Å²) in [6, 6.07) is 15.4. The second-order valence-corrected chi connectivity index (χ2v) is 4.68. The first-order valence-electron chi connectivity index (χ1n) is 6.98. The zero-order valence-corrected chi connectivity index (χ0v) is 12.2. The Labute approximate surface area is 125 Å². The predicted octanol–water partition coefficient (Wildman–Crippen LogP) is 2.71. The fourth-order valence-corrected chi connectivity index (χ4v) is 1.94. The Balaban J connectivity index is 2.01. The summed E-state index contributed by atoms with van der Waals surface area (Å²) in [4.78, 5) is 0. The second-order valence-electron chi connectivity index (χ2n) is 4.68. The lowest BCUT2D eigenvalue weighted by Crippen LogP contribution is -2.18. The Hall–Kier alpha value is -1.88. The van der Waals surface area contributed by atoms with Gasteiger partial charge in [0.05, 0.1) is 13.2 Å². The Morgan fingerprint density at radius 3 is 2.52 bits per heavy atom. The fraction of sp³-hybridized carbons (Fsp3) is 0.294. The number of ether oxygens (including phenoxy) is 2. The molecule has 0 spiro atoms. The normalized spacial score (nSPS) is 10.6. The minimum atomic E-state index is 0.0420. The van der Waals surface area contributed by atoms with Crippen molar-refractivity contribution in [3.05, 3.63) is 59.7 Å². The van der Waals surface area contributed by atoms with Crippen LogP contribution in [0.2, 0.25) is 0 Å². The zero-order valence-electron chi connectivity index (χ0n) is 12.2. The average molecular weight is 287 g/mol. The summed E-state index contributed by atoms with van der Waals surface area (Å²) in [5.41, 5.74) is 1.97. The number of para-hydroxylation sites is 1. The molecule has 2 N–H and O–H groups in total. The molecule has 2 aromatic carbocycles. The molecule has 0 aliphatic carbocycles. The van der Waals surface area contributed by atoms with E-state index in [1.54, 1.807) is 7.11 Å². The molecular formula is C17H21NO3. The number of methoxy groups -OCH3 is 1. The van der Waals surface area contributed by atoms with E-state index in [1.807, 2.05) is 48.5 Å². The van der Waals surface area contributed by atoms with Crippen LogP contribution in [-0.4, -0.2) is 25.4 Å². The van der Waals surface area contributed by atoms with E-state index >= 15 is 0 Å². The SMILES string of the molecule is COCCNCc1ccccc1Oc1ccc(CO)cc1. The van der Waals surface area contributed by atoms with Gasteiger partial charge in [-0.2, -0.15) is 0 Å². The van der Waals surface area contributed by atoms with Gasteiger partial charge in [0.1, 0.15) is 11.5 Å². The van der Waals surface area contributed by atoms with Crippen LogP contribution in [0.5, 0.6) is 11.5 Å². The van der Waals surface area contributed by atoms with Gasteiger partial charge in [-0.15, -0.1) is 0 Å². The highest BCUT2D eigenvalue weighted by atomic mass is 16.5. The third-order valence-electron chi connectivity index (χ3n) is 3.10. The molecule has 0 radical (unpaired) electrons. The largest absolute Gasteiger partial charge is 0.457 e. The molecule has 0 aliphatic heterocycles. The quantitative estimate of drug-likeness (QED) is 0.733. The van der Waals surface area contributed by atoms with E-state index in [2.05, 4.69) is 5.32 Å². The van der Waals surface area contributed by atoms with Crippen molar-refractivity contribution in [1.29, 1.82) is 0 Å². The van der Waals surface area contributed by atoms with Crippen molar-refractivity contribution in [3.8, 4) is 11.5 Å². The summed E-state index contributed by atoms with van der Waals surface area (Å²) in [5.74, 6) is 1.59. The van der Waals surface area contributed by atoms with Crippen LogP contribution >= 0.6 is 0 Å². The van der Waals surface area contributed by atoms with Gasteiger partial charge < -0.3 is 19.9 Å². The van der Waals surface area contributed by atoms with Crippen LogP contribution in [0, 0.1) is 0 Å². The van der Waals surface area contributed by atoms with Gasteiger partial charge in [0, 0.05) is 25.8 Å². The first-order valence-corrected chi connectivity index (χ1v) is 6.98. The van der Waals surface area contributed by atoms with Gasteiger partial charge in [-0.25, -0.2) is 0 Å². The zero-order chi connectivity index (χ0) is 14.9. The van der Waals surface area contributed by atoms with E-state index in [0.29, 0.717) is 6.61 Å². The topological polar surface area (TPSA) is 50.7 Å². The van der Waals surface area contributed by atoms with E-state index < -0.39 is 0 Å². The molecule has 2 aromatic rings. The van der Waals surface area contributed by atoms with Gasteiger partial charge in [0.2, 0.25) is 0 Å². The average Bonchev–Trinajstić information content (AvgIpc) is 2.54. The molecule has 2 rings (SSSR count). The Morgan fingerprint density at radius 1 is 1.05 bits per heavy atom. The first kappa shape index (κ1) is 15.5. The molecule has 0 heterocycles. The van der Waals surface area contributed by atoms with E-state index in [-0.39, 0.29) is 6.61 Å². The lowest BCUT2D eigenvalue weighted by molar-refractivity contribution is 0.199. The van der Waals surface area contributed by atoms with Gasteiger partial charge in [0.15, 0.2) is 0 Å². The Bertz CT molecular complexity index is 540. The van der Waals surface area contributed by atoms with Crippen LogP contribution in [0.15, 0.2) is 48.5 Å². The highest BCUT2D eigenvalue weighted by Gasteiger charge is 2.04. The maximum atomic E-state index is 9.04. The highest BCUT2D eigenvalue weighted by molar-refractivity contribution is 5.38. The molecule has 0 bridgehead atoms. The number of benzene rings is 2. The van der Waals surface area contributed by atoms with Crippen molar-refractivity contribution in [2.75, 3.05) is 20.3 Å². The predicted molar refractivity (Wildman–Crippen MR) is 82.5 cm³/mol. The molecule has 21 heavy (non-hydrogen) atoms. The number of aliphatic hydroxyl groups excluding tert-OH is 1. The number of rotatable bonds is 8. The minimum absolute atomic E-state index is 0.0420. The van der Waals surface area contributed by atoms with Crippen molar-refractivity contribution in [2.24, 2.45) is 0 Å². The van der Waals surface area contributed by atoms with Crippen molar-refractivity contribution in [3.63, 3.8) is 0 Å². The van der Waals surface area contributed by atoms with Crippen LogP contribution in [0.25, 0.3) is 0 Å². The molecule has 0 aromatic heterocycles. The molecule has 112 valence electrons. The van der Waals surface area contributed by atoms with E-state index in [4.69, 9.17) is 14.6 Å². The Morgan fingerprint density at radius 2 is 1.81 bits per heavy atom. The lowest BCUT2D eigenvalue weighted by Gasteiger charge is -2.12. The number of nitrogens with one attached hydrogen (secondary N) is 1. The van der Waals surface area contributed by atoms with Crippen LogP contribution in [-0.2, 0) is 17.9 Å². The molecule has 0 unspecified atom stereocenters. The highest BCUT2D eigenvalue weighted by Crippen LogP contribution is 2.25. The third-order valence-corrected chi connectivity index (χ3v) is 3.10. The van der Waals surface area contributed by atoms with Crippen LogP contribution in [0.4, 0.5) is 0 Å². The first-order chi connectivity index (χ1) is 10.3. The second kappa shape index (κ2) is 8.42. The van der Waals surface area contributed by atoms with Gasteiger partial charge in [-0.1, -0.05) is 30.3 Å².